The lowest BCUT2D eigenvalue weighted by Crippen LogP contribution is -2.16. The first-order valence-electron chi connectivity index (χ1n) is 3.09. The highest BCUT2D eigenvalue weighted by Crippen LogP contribution is 2.09. The van der Waals surface area contributed by atoms with Crippen molar-refractivity contribution in [2.24, 2.45) is 5.73 Å². The van der Waals surface area contributed by atoms with Crippen LogP contribution in [0.1, 0.15) is 11.6 Å². The van der Waals surface area contributed by atoms with Crippen molar-refractivity contribution in [3.63, 3.8) is 0 Å². The molecule has 1 rings (SSSR count). The lowest BCUT2D eigenvalue weighted by molar-refractivity contribution is 0.261. The van der Waals surface area contributed by atoms with Gasteiger partial charge in [0.15, 0.2) is 0 Å². The first kappa shape index (κ1) is 7.24. The molecule has 0 aliphatic rings. The zero-order valence-electron chi connectivity index (χ0n) is 5.53. The van der Waals surface area contributed by atoms with Crippen molar-refractivity contribution in [1.29, 1.82) is 0 Å². The van der Waals surface area contributed by atoms with Gasteiger partial charge in [0.05, 0.1) is 12.3 Å². The zero-order chi connectivity index (χ0) is 7.40. The number of nitrogens with two attached hydrogens (primary N) is 1. The molecular formula is C6H10N2O2. The van der Waals surface area contributed by atoms with E-state index in [1.54, 1.807) is 6.07 Å². The Morgan fingerprint density at radius 1 is 1.80 bits per heavy atom. The van der Waals surface area contributed by atoms with Gasteiger partial charge in [0.2, 0.25) is 0 Å². The molecule has 0 saturated heterocycles. The number of aliphatic hydroxyl groups excluding tert-OH is 1. The summed E-state index contributed by atoms with van der Waals surface area (Å²) in [5.74, 6) is -0.0845. The van der Waals surface area contributed by atoms with Crippen molar-refractivity contribution >= 4 is 0 Å². The molecule has 4 heteroatoms. The van der Waals surface area contributed by atoms with Gasteiger partial charge >= 0.3 is 0 Å². The Balaban J connectivity index is 2.64. The minimum Gasteiger partial charge on any atom is -0.396 e. The minimum absolute atomic E-state index is 0.0169. The molecule has 56 valence electrons. The highest BCUT2D eigenvalue weighted by atomic mass is 16.5. The van der Waals surface area contributed by atoms with Crippen LogP contribution in [-0.2, 0) is 0 Å². The van der Waals surface area contributed by atoms with Gasteiger partial charge in [-0.2, -0.15) is 0 Å². The lowest BCUT2D eigenvalue weighted by atomic mass is 10.1. The molecule has 0 bridgehead atoms. The van der Waals surface area contributed by atoms with E-state index in [1.807, 2.05) is 0 Å². The number of nitrogens with zero attached hydrogens (tertiary/aromatic N) is 1. The van der Waals surface area contributed by atoms with E-state index in [0.717, 1.165) is 0 Å². The largest absolute Gasteiger partial charge is 0.396 e. The Morgan fingerprint density at radius 3 is 3.00 bits per heavy atom. The molecule has 1 atom stereocenters. The van der Waals surface area contributed by atoms with Crippen LogP contribution in [0.4, 0.5) is 0 Å². The Kier molecular flexibility index (Phi) is 2.42. The Labute approximate surface area is 58.6 Å². The Morgan fingerprint density at radius 2 is 2.60 bits per heavy atom. The van der Waals surface area contributed by atoms with E-state index in [1.165, 1.54) is 6.26 Å². The molecule has 1 aromatic heterocycles. The zero-order valence-corrected chi connectivity index (χ0v) is 5.53. The molecule has 0 fully saturated rings. The molecule has 0 amide bonds. The van der Waals surface area contributed by atoms with Crippen LogP contribution in [0.2, 0.25) is 0 Å². The Bertz CT molecular complexity index is 170. The molecule has 0 aliphatic carbocycles. The van der Waals surface area contributed by atoms with Gasteiger partial charge in [-0.15, -0.1) is 0 Å². The van der Waals surface area contributed by atoms with Gasteiger partial charge in [-0.1, -0.05) is 5.16 Å². The number of aromatic nitrogens is 1. The van der Waals surface area contributed by atoms with Crippen LogP contribution in [0, 0.1) is 0 Å². The highest BCUT2D eigenvalue weighted by Gasteiger charge is 2.09. The SMILES string of the molecule is NCC(CO)c1ccon1. The van der Waals surface area contributed by atoms with Crippen molar-refractivity contribution in [3.8, 4) is 0 Å². The van der Waals surface area contributed by atoms with Gasteiger partial charge < -0.3 is 15.4 Å². The van der Waals surface area contributed by atoms with E-state index in [9.17, 15) is 0 Å². The second kappa shape index (κ2) is 3.34. The van der Waals surface area contributed by atoms with Crippen molar-refractivity contribution in [1.82, 2.24) is 5.16 Å². The first-order chi connectivity index (χ1) is 4.88. The highest BCUT2D eigenvalue weighted by molar-refractivity contribution is 5.04. The van der Waals surface area contributed by atoms with E-state index >= 15 is 0 Å². The Hall–Kier alpha value is -0.870. The molecule has 3 N–H and O–H groups in total. The third-order valence-corrected chi connectivity index (χ3v) is 1.38. The second-order valence-electron chi connectivity index (χ2n) is 2.04. The van der Waals surface area contributed by atoms with Crippen molar-refractivity contribution in [3.05, 3.63) is 18.0 Å². The average molecular weight is 142 g/mol. The maximum Gasteiger partial charge on any atom is 0.124 e. The maximum atomic E-state index is 8.74. The van der Waals surface area contributed by atoms with Crippen LogP contribution < -0.4 is 5.73 Å². The fourth-order valence-electron chi connectivity index (χ4n) is 0.721. The summed E-state index contributed by atoms with van der Waals surface area (Å²) in [7, 11) is 0. The fraction of sp³-hybridized carbons (Fsp3) is 0.500. The van der Waals surface area contributed by atoms with Crippen LogP contribution in [0.25, 0.3) is 0 Å². The molecule has 0 aliphatic heterocycles. The normalized spacial score (nSPS) is 13.4. The quantitative estimate of drug-likeness (QED) is 0.608. The lowest BCUT2D eigenvalue weighted by Gasteiger charge is -2.04. The number of hydrogen-bond donors (Lipinski definition) is 2. The van der Waals surface area contributed by atoms with Gasteiger partial charge in [-0.3, -0.25) is 0 Å². The standard InChI is InChI=1S/C6H10N2O2/c7-3-5(4-9)6-1-2-10-8-6/h1-2,5,9H,3-4,7H2. The average Bonchev–Trinajstić information content (AvgIpc) is 2.43. The monoisotopic (exact) mass is 142 g/mol. The predicted molar refractivity (Wildman–Crippen MR) is 35.4 cm³/mol. The van der Waals surface area contributed by atoms with Gasteiger partial charge in [0, 0.05) is 18.5 Å². The van der Waals surface area contributed by atoms with E-state index in [0.29, 0.717) is 12.2 Å². The van der Waals surface area contributed by atoms with Crippen molar-refractivity contribution in [2.75, 3.05) is 13.2 Å². The maximum absolute atomic E-state index is 8.74. The smallest absolute Gasteiger partial charge is 0.124 e. The molecule has 1 aromatic rings. The van der Waals surface area contributed by atoms with Gasteiger partial charge in [0.25, 0.3) is 0 Å². The molecular weight excluding hydrogens is 132 g/mol. The molecule has 1 unspecified atom stereocenters. The van der Waals surface area contributed by atoms with Crippen molar-refractivity contribution in [2.45, 2.75) is 5.92 Å². The van der Waals surface area contributed by atoms with E-state index in [2.05, 4.69) is 9.68 Å². The summed E-state index contributed by atoms with van der Waals surface area (Å²) < 4.78 is 4.58. The van der Waals surface area contributed by atoms with Gasteiger partial charge in [-0.05, 0) is 0 Å². The minimum atomic E-state index is -0.0845. The molecule has 4 nitrogen and oxygen atoms in total. The first-order valence-corrected chi connectivity index (χ1v) is 3.09. The predicted octanol–water partition coefficient (Wildman–Crippen LogP) is -0.291. The number of rotatable bonds is 3. The second-order valence-corrected chi connectivity index (χ2v) is 2.04. The third-order valence-electron chi connectivity index (χ3n) is 1.38. The van der Waals surface area contributed by atoms with E-state index in [-0.39, 0.29) is 12.5 Å². The summed E-state index contributed by atoms with van der Waals surface area (Å²) in [6, 6.07) is 1.70. The van der Waals surface area contributed by atoms with Crippen LogP contribution in [0.5, 0.6) is 0 Å². The molecule has 10 heavy (non-hydrogen) atoms. The third kappa shape index (κ3) is 1.34. The summed E-state index contributed by atoms with van der Waals surface area (Å²) >= 11 is 0. The van der Waals surface area contributed by atoms with E-state index in [4.69, 9.17) is 10.8 Å². The van der Waals surface area contributed by atoms with Crippen molar-refractivity contribution < 1.29 is 9.63 Å². The summed E-state index contributed by atoms with van der Waals surface area (Å²) in [6.07, 6.45) is 1.47. The number of aliphatic hydroxyl groups is 1. The van der Waals surface area contributed by atoms with Crippen LogP contribution >= 0.6 is 0 Å². The molecule has 1 heterocycles. The molecule has 0 radical (unpaired) electrons. The van der Waals surface area contributed by atoms with E-state index < -0.39 is 0 Å². The van der Waals surface area contributed by atoms with Crippen LogP contribution in [0.15, 0.2) is 16.9 Å². The summed E-state index contributed by atoms with van der Waals surface area (Å²) in [4.78, 5) is 0. The topological polar surface area (TPSA) is 72.3 Å². The van der Waals surface area contributed by atoms with Gasteiger partial charge in [0.1, 0.15) is 6.26 Å². The molecule has 0 aromatic carbocycles. The summed E-state index contributed by atoms with van der Waals surface area (Å²) in [5, 5.41) is 12.4. The van der Waals surface area contributed by atoms with Gasteiger partial charge in [-0.25, -0.2) is 0 Å². The summed E-state index contributed by atoms with van der Waals surface area (Å²) in [6.45, 7) is 0.409. The fourth-order valence-corrected chi connectivity index (χ4v) is 0.721. The molecule has 0 spiro atoms. The molecule has 0 saturated carbocycles. The number of hydrogen-bond acceptors (Lipinski definition) is 4. The van der Waals surface area contributed by atoms with Crippen LogP contribution in [-0.4, -0.2) is 23.4 Å². The van der Waals surface area contributed by atoms with Crippen LogP contribution in [0.3, 0.4) is 0 Å². The summed E-state index contributed by atoms with van der Waals surface area (Å²) in [5.41, 5.74) is 6.05.